The SMILES string of the molecule is O=C(NCC1(C(=O)O)CC1)c1cscn1. The summed E-state index contributed by atoms with van der Waals surface area (Å²) >= 11 is 1.33. The van der Waals surface area contributed by atoms with Gasteiger partial charge >= 0.3 is 5.97 Å². The van der Waals surface area contributed by atoms with E-state index in [9.17, 15) is 9.59 Å². The number of hydrogen-bond acceptors (Lipinski definition) is 4. The van der Waals surface area contributed by atoms with E-state index in [4.69, 9.17) is 5.11 Å². The molecule has 0 radical (unpaired) electrons. The highest BCUT2D eigenvalue weighted by molar-refractivity contribution is 7.07. The second kappa shape index (κ2) is 3.62. The van der Waals surface area contributed by atoms with Crippen molar-refractivity contribution in [3.05, 3.63) is 16.6 Å². The predicted octanol–water partition coefficient (Wildman–Crippen LogP) is 0.738. The van der Waals surface area contributed by atoms with Crippen molar-refractivity contribution in [2.45, 2.75) is 12.8 Å². The highest BCUT2D eigenvalue weighted by Gasteiger charge is 2.50. The fourth-order valence-electron chi connectivity index (χ4n) is 1.28. The van der Waals surface area contributed by atoms with Crippen molar-refractivity contribution in [3.63, 3.8) is 0 Å². The Morgan fingerprint density at radius 1 is 1.60 bits per heavy atom. The fourth-order valence-corrected chi connectivity index (χ4v) is 1.81. The van der Waals surface area contributed by atoms with E-state index in [2.05, 4.69) is 10.3 Å². The first-order chi connectivity index (χ1) is 7.14. The molecule has 2 rings (SSSR count). The third-order valence-electron chi connectivity index (χ3n) is 2.56. The standard InChI is InChI=1S/C9H10N2O3S/c12-7(6-3-15-5-11-6)10-4-9(1-2-9)8(13)14/h3,5H,1-2,4H2,(H,10,12)(H,13,14). The molecule has 0 unspecified atom stereocenters. The van der Waals surface area contributed by atoms with E-state index in [1.165, 1.54) is 11.3 Å². The lowest BCUT2D eigenvalue weighted by Crippen LogP contribution is -2.34. The van der Waals surface area contributed by atoms with Crippen LogP contribution in [-0.4, -0.2) is 28.5 Å². The van der Waals surface area contributed by atoms with Gasteiger partial charge in [0, 0.05) is 11.9 Å². The Kier molecular flexibility index (Phi) is 2.44. The Hall–Kier alpha value is -1.43. The summed E-state index contributed by atoms with van der Waals surface area (Å²) in [5, 5.41) is 13.1. The summed E-state index contributed by atoms with van der Waals surface area (Å²) in [6.45, 7) is 0.193. The average molecular weight is 226 g/mol. The first kappa shape index (κ1) is 10.1. The van der Waals surface area contributed by atoms with Crippen LogP contribution >= 0.6 is 11.3 Å². The molecule has 1 aromatic heterocycles. The van der Waals surface area contributed by atoms with E-state index in [-0.39, 0.29) is 12.5 Å². The predicted molar refractivity (Wildman–Crippen MR) is 53.8 cm³/mol. The van der Waals surface area contributed by atoms with Crippen LogP contribution in [-0.2, 0) is 4.79 Å². The van der Waals surface area contributed by atoms with Crippen LogP contribution in [0.15, 0.2) is 10.9 Å². The fraction of sp³-hybridized carbons (Fsp3) is 0.444. The molecule has 0 saturated heterocycles. The van der Waals surface area contributed by atoms with Gasteiger partial charge in [-0.3, -0.25) is 9.59 Å². The number of amides is 1. The summed E-state index contributed by atoms with van der Waals surface area (Å²) in [5.74, 6) is -1.13. The smallest absolute Gasteiger partial charge is 0.311 e. The van der Waals surface area contributed by atoms with Gasteiger partial charge < -0.3 is 10.4 Å². The van der Waals surface area contributed by atoms with Crippen molar-refractivity contribution in [2.24, 2.45) is 5.41 Å². The number of carboxylic acids is 1. The lowest BCUT2D eigenvalue weighted by molar-refractivity contribution is -0.143. The minimum atomic E-state index is -0.832. The number of rotatable bonds is 4. The van der Waals surface area contributed by atoms with Gasteiger partial charge in [0.05, 0.1) is 10.9 Å². The topological polar surface area (TPSA) is 79.3 Å². The molecular weight excluding hydrogens is 216 g/mol. The number of aliphatic carboxylic acids is 1. The van der Waals surface area contributed by atoms with Crippen LogP contribution in [0.1, 0.15) is 23.3 Å². The summed E-state index contributed by atoms with van der Waals surface area (Å²) in [5.41, 5.74) is 1.20. The van der Waals surface area contributed by atoms with Gasteiger partial charge in [0.25, 0.3) is 5.91 Å². The highest BCUT2D eigenvalue weighted by Crippen LogP contribution is 2.45. The molecule has 0 bridgehead atoms. The van der Waals surface area contributed by atoms with Crippen molar-refractivity contribution in [3.8, 4) is 0 Å². The Balaban J connectivity index is 1.89. The largest absolute Gasteiger partial charge is 0.481 e. The third-order valence-corrected chi connectivity index (χ3v) is 3.15. The number of nitrogens with one attached hydrogen (secondary N) is 1. The molecule has 2 N–H and O–H groups in total. The molecule has 80 valence electrons. The normalized spacial score (nSPS) is 17.1. The molecule has 5 nitrogen and oxygen atoms in total. The van der Waals surface area contributed by atoms with Gasteiger partial charge in [-0.2, -0.15) is 0 Å². The van der Waals surface area contributed by atoms with Gasteiger partial charge in [0.2, 0.25) is 0 Å². The van der Waals surface area contributed by atoms with Crippen LogP contribution in [0.4, 0.5) is 0 Å². The van der Waals surface area contributed by atoms with E-state index < -0.39 is 11.4 Å². The zero-order valence-electron chi connectivity index (χ0n) is 7.90. The Bertz CT molecular complexity index is 384. The molecule has 15 heavy (non-hydrogen) atoms. The van der Waals surface area contributed by atoms with Crippen molar-refractivity contribution in [1.82, 2.24) is 10.3 Å². The Labute approximate surface area is 90.1 Å². The molecule has 1 saturated carbocycles. The summed E-state index contributed by atoms with van der Waals surface area (Å²) in [6, 6.07) is 0. The minimum absolute atomic E-state index is 0.193. The highest BCUT2D eigenvalue weighted by atomic mass is 32.1. The first-order valence-corrected chi connectivity index (χ1v) is 5.48. The van der Waals surface area contributed by atoms with Crippen molar-refractivity contribution >= 4 is 23.2 Å². The van der Waals surface area contributed by atoms with Crippen molar-refractivity contribution in [2.75, 3.05) is 6.54 Å². The molecule has 1 aliphatic carbocycles. The number of hydrogen-bond donors (Lipinski definition) is 2. The quantitative estimate of drug-likeness (QED) is 0.793. The zero-order valence-corrected chi connectivity index (χ0v) is 8.71. The van der Waals surface area contributed by atoms with Gasteiger partial charge in [0.15, 0.2) is 0 Å². The van der Waals surface area contributed by atoms with Crippen LogP contribution < -0.4 is 5.32 Å². The molecule has 1 amide bonds. The van der Waals surface area contributed by atoms with Crippen LogP contribution in [0.2, 0.25) is 0 Å². The molecule has 6 heteroatoms. The molecule has 0 aromatic carbocycles. The molecule has 1 aliphatic rings. The number of carbonyl (C=O) groups is 2. The molecule has 1 aromatic rings. The lowest BCUT2D eigenvalue weighted by Gasteiger charge is -2.09. The molecule has 1 fully saturated rings. The van der Waals surface area contributed by atoms with Crippen LogP contribution in [0.5, 0.6) is 0 Å². The summed E-state index contributed by atoms with van der Waals surface area (Å²) < 4.78 is 0. The molecule has 1 heterocycles. The second-order valence-electron chi connectivity index (χ2n) is 3.64. The molecule has 0 atom stereocenters. The first-order valence-electron chi connectivity index (χ1n) is 4.54. The average Bonchev–Trinajstić information content (AvgIpc) is 2.80. The maximum Gasteiger partial charge on any atom is 0.311 e. The van der Waals surface area contributed by atoms with Crippen LogP contribution in [0, 0.1) is 5.41 Å². The van der Waals surface area contributed by atoms with Gasteiger partial charge in [-0.05, 0) is 12.8 Å². The summed E-state index contributed by atoms with van der Waals surface area (Å²) in [7, 11) is 0. The number of carboxylic acid groups (broad SMARTS) is 1. The van der Waals surface area contributed by atoms with Crippen LogP contribution in [0.25, 0.3) is 0 Å². The molecular formula is C9H10N2O3S. The van der Waals surface area contributed by atoms with Crippen LogP contribution in [0.3, 0.4) is 0 Å². The lowest BCUT2D eigenvalue weighted by atomic mass is 10.1. The van der Waals surface area contributed by atoms with Crippen molar-refractivity contribution in [1.29, 1.82) is 0 Å². The maximum absolute atomic E-state index is 11.4. The van der Waals surface area contributed by atoms with Gasteiger partial charge in [-0.15, -0.1) is 11.3 Å². The third kappa shape index (κ3) is 1.99. The van der Waals surface area contributed by atoms with Gasteiger partial charge in [-0.1, -0.05) is 0 Å². The molecule has 0 aliphatic heterocycles. The number of nitrogens with zero attached hydrogens (tertiary/aromatic N) is 1. The van der Waals surface area contributed by atoms with E-state index in [1.54, 1.807) is 10.9 Å². The van der Waals surface area contributed by atoms with E-state index >= 15 is 0 Å². The van der Waals surface area contributed by atoms with E-state index in [1.807, 2.05) is 0 Å². The van der Waals surface area contributed by atoms with E-state index in [0.717, 1.165) is 0 Å². The Morgan fingerprint density at radius 3 is 2.80 bits per heavy atom. The minimum Gasteiger partial charge on any atom is -0.481 e. The summed E-state index contributed by atoms with van der Waals surface area (Å²) in [6.07, 6.45) is 1.28. The van der Waals surface area contributed by atoms with E-state index in [0.29, 0.717) is 18.5 Å². The number of carbonyl (C=O) groups excluding carboxylic acids is 1. The number of aromatic nitrogens is 1. The number of thiazole rings is 1. The second-order valence-corrected chi connectivity index (χ2v) is 4.36. The maximum atomic E-state index is 11.4. The van der Waals surface area contributed by atoms with Crippen molar-refractivity contribution < 1.29 is 14.7 Å². The van der Waals surface area contributed by atoms with Gasteiger partial charge in [0.1, 0.15) is 5.69 Å². The van der Waals surface area contributed by atoms with Gasteiger partial charge in [-0.25, -0.2) is 4.98 Å². The summed E-state index contributed by atoms with van der Waals surface area (Å²) in [4.78, 5) is 26.1. The zero-order chi connectivity index (χ0) is 10.9. The Morgan fingerprint density at radius 2 is 2.33 bits per heavy atom. The monoisotopic (exact) mass is 226 g/mol. The molecule has 0 spiro atoms.